The van der Waals surface area contributed by atoms with Crippen LogP contribution in [0.1, 0.15) is 16.8 Å². The number of nitrogens with zero attached hydrogens (tertiary/aromatic N) is 2. The number of ketones is 2. The summed E-state index contributed by atoms with van der Waals surface area (Å²) in [6.07, 6.45) is 3.58. The zero-order valence-electron chi connectivity index (χ0n) is 12.3. The molecule has 0 radical (unpaired) electrons. The molecule has 1 aromatic rings. The summed E-state index contributed by atoms with van der Waals surface area (Å²) in [4.78, 5) is 39.5. The number of hydrogen-bond acceptors (Lipinski definition) is 6. The van der Waals surface area contributed by atoms with Gasteiger partial charge in [-0.2, -0.15) is 0 Å². The number of carboxylic acid groups (broad SMARTS) is 1. The average Bonchev–Trinajstić information content (AvgIpc) is 2.56. The Morgan fingerprint density at radius 3 is 2.62 bits per heavy atom. The lowest BCUT2D eigenvalue weighted by atomic mass is 9.91. The molecule has 3 rings (SSSR count). The van der Waals surface area contributed by atoms with Gasteiger partial charge in [0.2, 0.25) is 11.6 Å². The molecule has 0 fully saturated rings. The fraction of sp³-hybridized carbons (Fsp3) is 0.0588. The van der Waals surface area contributed by atoms with Crippen molar-refractivity contribution in [2.75, 3.05) is 0 Å². The Morgan fingerprint density at radius 2 is 1.96 bits per heavy atom. The lowest BCUT2D eigenvalue weighted by molar-refractivity contribution is -0.131. The zero-order chi connectivity index (χ0) is 17.3. The van der Waals surface area contributed by atoms with E-state index in [0.717, 1.165) is 0 Å². The van der Waals surface area contributed by atoms with Gasteiger partial charge in [0.1, 0.15) is 11.5 Å². The Hall–Kier alpha value is -3.32. The summed E-state index contributed by atoms with van der Waals surface area (Å²) in [6, 6.07) is 8.09. The number of carboxylic acids is 1. The summed E-state index contributed by atoms with van der Waals surface area (Å²) < 4.78 is 0. The van der Waals surface area contributed by atoms with Crippen molar-refractivity contribution in [3.05, 3.63) is 76.4 Å². The van der Waals surface area contributed by atoms with E-state index in [1.807, 2.05) is 0 Å². The first-order chi connectivity index (χ1) is 11.5. The lowest BCUT2D eigenvalue weighted by Gasteiger charge is -2.37. The van der Waals surface area contributed by atoms with Crippen LogP contribution in [0.3, 0.4) is 0 Å². The van der Waals surface area contributed by atoms with Crippen LogP contribution in [-0.4, -0.2) is 33.4 Å². The molecular formula is C17H11N2O5-. The first kappa shape index (κ1) is 15.6. The summed E-state index contributed by atoms with van der Waals surface area (Å²) in [7, 11) is 0. The molecule has 1 aliphatic heterocycles. The van der Waals surface area contributed by atoms with Crippen LogP contribution in [0.25, 0.3) is 0 Å². The minimum atomic E-state index is -1.40. The highest BCUT2D eigenvalue weighted by Gasteiger charge is 2.31. The molecule has 0 atom stereocenters. The van der Waals surface area contributed by atoms with Gasteiger partial charge in [-0.05, 0) is 12.5 Å². The molecule has 0 unspecified atom stereocenters. The maximum Gasteiger partial charge on any atom is 0.332 e. The van der Waals surface area contributed by atoms with E-state index in [-0.39, 0.29) is 34.0 Å². The van der Waals surface area contributed by atoms with Gasteiger partial charge in [0.15, 0.2) is 0 Å². The number of rotatable bonds is 3. The number of benzene rings is 1. The highest BCUT2D eigenvalue weighted by molar-refractivity contribution is 6.51. The van der Waals surface area contributed by atoms with Crippen molar-refractivity contribution in [3.63, 3.8) is 0 Å². The third-order valence-electron chi connectivity index (χ3n) is 3.54. The van der Waals surface area contributed by atoms with E-state index < -0.39 is 23.4 Å². The first-order valence-corrected chi connectivity index (χ1v) is 7.03. The quantitative estimate of drug-likeness (QED) is 0.671. The summed E-state index contributed by atoms with van der Waals surface area (Å²) in [5.74, 6) is -2.97. The molecule has 0 amide bonds. The summed E-state index contributed by atoms with van der Waals surface area (Å²) >= 11 is 0. The molecule has 0 bridgehead atoms. The fourth-order valence-electron chi connectivity index (χ4n) is 2.49. The Labute approximate surface area is 136 Å². The topological polar surface area (TPSA) is 110 Å². The second kappa shape index (κ2) is 6.05. The molecule has 1 aromatic carbocycles. The number of carbonyl (C=O) groups excluding carboxylic acids is 2. The molecule has 0 aromatic heterocycles. The summed E-state index contributed by atoms with van der Waals surface area (Å²) in [5, 5.41) is 21.6. The number of hydroxylamine groups is 2. The standard InChI is InChI=1S/C17H11N2O5/c20-12-8-4-7-11-15(12)18-13(9-14(21)22)19(24)16(11)17(23)10-5-2-1-3-6-10/h1-6,8-9H,7H2,(H,21,22)/q-1. The van der Waals surface area contributed by atoms with Gasteiger partial charge in [-0.3, -0.25) is 9.59 Å². The van der Waals surface area contributed by atoms with Crippen LogP contribution >= 0.6 is 0 Å². The van der Waals surface area contributed by atoms with Crippen LogP contribution in [0.15, 0.2) is 70.6 Å². The summed E-state index contributed by atoms with van der Waals surface area (Å²) in [6.45, 7) is 0. The summed E-state index contributed by atoms with van der Waals surface area (Å²) in [5.41, 5.74) is 0.112. The fourth-order valence-corrected chi connectivity index (χ4v) is 2.49. The van der Waals surface area contributed by atoms with Crippen LogP contribution in [0.4, 0.5) is 0 Å². The van der Waals surface area contributed by atoms with Crippen molar-refractivity contribution in [2.45, 2.75) is 6.42 Å². The molecule has 2 aliphatic rings. The Balaban J connectivity index is 2.18. The van der Waals surface area contributed by atoms with E-state index >= 15 is 0 Å². The maximum atomic E-state index is 12.7. The molecule has 0 saturated carbocycles. The van der Waals surface area contributed by atoms with E-state index in [0.29, 0.717) is 6.08 Å². The van der Waals surface area contributed by atoms with Crippen molar-refractivity contribution < 1.29 is 19.5 Å². The van der Waals surface area contributed by atoms with Gasteiger partial charge in [0.05, 0.1) is 11.8 Å². The molecule has 1 heterocycles. The second-order valence-corrected chi connectivity index (χ2v) is 5.09. The first-order valence-electron chi connectivity index (χ1n) is 7.03. The average molecular weight is 323 g/mol. The van der Waals surface area contributed by atoms with E-state index in [1.54, 1.807) is 18.2 Å². The van der Waals surface area contributed by atoms with Crippen LogP contribution < -0.4 is 0 Å². The third kappa shape index (κ3) is 2.68. The highest BCUT2D eigenvalue weighted by atomic mass is 16.5. The monoisotopic (exact) mass is 323 g/mol. The van der Waals surface area contributed by atoms with E-state index in [2.05, 4.69) is 4.99 Å². The van der Waals surface area contributed by atoms with Crippen molar-refractivity contribution in [1.82, 2.24) is 5.06 Å². The molecule has 7 nitrogen and oxygen atoms in total. The number of hydrogen-bond donors (Lipinski definition) is 1. The van der Waals surface area contributed by atoms with Gasteiger partial charge < -0.3 is 15.4 Å². The van der Waals surface area contributed by atoms with Crippen molar-refractivity contribution in [3.8, 4) is 0 Å². The number of aliphatic imine (C=N–C) groups is 1. The SMILES string of the molecule is O=C(O)C=C1N=C2C(=O)C=CCC2=C(C(=O)c2ccccc2)N1[O-]. The molecule has 7 heteroatoms. The van der Waals surface area contributed by atoms with Crippen molar-refractivity contribution >= 4 is 23.2 Å². The van der Waals surface area contributed by atoms with Crippen molar-refractivity contribution in [1.29, 1.82) is 0 Å². The second-order valence-electron chi connectivity index (χ2n) is 5.09. The number of aliphatic carboxylic acids is 1. The Morgan fingerprint density at radius 1 is 1.25 bits per heavy atom. The normalized spacial score (nSPS) is 18.5. The number of fused-ring (bicyclic) bond motifs is 1. The van der Waals surface area contributed by atoms with Crippen LogP contribution in [0.2, 0.25) is 0 Å². The van der Waals surface area contributed by atoms with Gasteiger partial charge in [-0.1, -0.05) is 36.4 Å². The van der Waals surface area contributed by atoms with E-state index in [9.17, 15) is 19.6 Å². The van der Waals surface area contributed by atoms with Gasteiger partial charge >= 0.3 is 5.97 Å². The Bertz CT molecular complexity index is 862. The maximum absolute atomic E-state index is 12.7. The number of Topliss-reactive ketones (excluding diaryl/α,β-unsaturated/α-hetero) is 1. The van der Waals surface area contributed by atoms with Crippen LogP contribution in [-0.2, 0) is 9.59 Å². The minimum absolute atomic E-state index is 0.0728. The van der Waals surface area contributed by atoms with Gasteiger partial charge in [-0.25, -0.2) is 9.79 Å². The Kier molecular flexibility index (Phi) is 3.93. The van der Waals surface area contributed by atoms with Gasteiger partial charge in [0, 0.05) is 11.1 Å². The molecule has 120 valence electrons. The largest absolute Gasteiger partial charge is 0.753 e. The molecular weight excluding hydrogens is 312 g/mol. The molecule has 24 heavy (non-hydrogen) atoms. The van der Waals surface area contributed by atoms with Crippen LogP contribution in [0, 0.1) is 5.21 Å². The number of carbonyl (C=O) groups is 3. The van der Waals surface area contributed by atoms with E-state index in [4.69, 9.17) is 5.11 Å². The van der Waals surface area contributed by atoms with Crippen molar-refractivity contribution in [2.24, 2.45) is 4.99 Å². The van der Waals surface area contributed by atoms with Gasteiger partial charge in [-0.15, -0.1) is 0 Å². The molecule has 1 aliphatic carbocycles. The number of allylic oxidation sites excluding steroid dienone is 4. The zero-order valence-corrected chi connectivity index (χ0v) is 12.3. The minimum Gasteiger partial charge on any atom is -0.753 e. The predicted octanol–water partition coefficient (Wildman–Crippen LogP) is 1.83. The highest BCUT2D eigenvalue weighted by Crippen LogP contribution is 2.30. The van der Waals surface area contributed by atoms with E-state index in [1.165, 1.54) is 24.3 Å². The molecule has 0 saturated heterocycles. The van der Waals surface area contributed by atoms with Crippen LogP contribution in [0.5, 0.6) is 0 Å². The smallest absolute Gasteiger partial charge is 0.332 e. The predicted molar refractivity (Wildman–Crippen MR) is 84.9 cm³/mol. The third-order valence-corrected chi connectivity index (χ3v) is 3.54. The molecule has 0 spiro atoms. The lowest BCUT2D eigenvalue weighted by Crippen LogP contribution is -2.33. The molecule has 1 N–H and O–H groups in total. The van der Waals surface area contributed by atoms with Gasteiger partial charge in [0.25, 0.3) is 0 Å².